The number of aryl methyl sites for hydroxylation is 1. The maximum Gasteiger partial charge on any atom is 0.150 e. The van der Waals surface area contributed by atoms with Crippen molar-refractivity contribution >= 4 is 21.6 Å². The van der Waals surface area contributed by atoms with Gasteiger partial charge in [-0.2, -0.15) is 0 Å². The molecule has 1 unspecified atom stereocenters. The summed E-state index contributed by atoms with van der Waals surface area (Å²) in [5.41, 5.74) is 1.37. The number of nitrogens with one attached hydrogen (secondary N) is 1. The number of phenols is 1. The van der Waals surface area contributed by atoms with Crippen LogP contribution in [0.2, 0.25) is 0 Å². The second kappa shape index (κ2) is 6.89. The lowest BCUT2D eigenvalue weighted by Gasteiger charge is -2.17. The topological polar surface area (TPSA) is 32.3 Å². The van der Waals surface area contributed by atoms with E-state index in [0.29, 0.717) is 4.47 Å². The molecule has 0 aliphatic heterocycles. The van der Waals surface area contributed by atoms with Gasteiger partial charge in [0, 0.05) is 16.6 Å². The maximum absolute atomic E-state index is 13.7. The lowest BCUT2D eigenvalue weighted by molar-refractivity contribution is 0.475. The van der Waals surface area contributed by atoms with Crippen molar-refractivity contribution in [2.45, 2.75) is 25.8 Å². The molecule has 0 aliphatic rings. The van der Waals surface area contributed by atoms with Gasteiger partial charge in [0.05, 0.1) is 5.69 Å². The van der Waals surface area contributed by atoms with Gasteiger partial charge in [-0.05, 0) is 59.5 Å². The van der Waals surface area contributed by atoms with Gasteiger partial charge in [-0.25, -0.2) is 8.78 Å². The van der Waals surface area contributed by atoms with Gasteiger partial charge in [-0.15, -0.1) is 0 Å². The van der Waals surface area contributed by atoms with Crippen LogP contribution in [0.25, 0.3) is 0 Å². The molecular weight excluding hydrogens is 340 g/mol. The summed E-state index contributed by atoms with van der Waals surface area (Å²) in [6, 6.07) is 9.12. The van der Waals surface area contributed by atoms with Gasteiger partial charge in [0.2, 0.25) is 0 Å². The van der Waals surface area contributed by atoms with Crippen molar-refractivity contribution in [3.05, 3.63) is 58.1 Å². The first-order valence-corrected chi connectivity index (χ1v) is 7.44. The van der Waals surface area contributed by atoms with Gasteiger partial charge >= 0.3 is 0 Å². The summed E-state index contributed by atoms with van der Waals surface area (Å²) in [4.78, 5) is 0. The standard InChI is InChI=1S/C16H16BrF2NO/c1-10(2-3-11-4-6-13(21)7-5-11)20-16-14(17)8-12(18)9-15(16)19/h4-10,20-21H,2-3H2,1H3. The van der Waals surface area contributed by atoms with E-state index in [1.54, 1.807) is 12.1 Å². The highest BCUT2D eigenvalue weighted by Gasteiger charge is 2.12. The quantitative estimate of drug-likeness (QED) is 0.802. The van der Waals surface area contributed by atoms with Crippen LogP contribution in [0.4, 0.5) is 14.5 Å². The molecule has 0 bridgehead atoms. The fourth-order valence-electron chi connectivity index (χ4n) is 2.04. The van der Waals surface area contributed by atoms with E-state index in [4.69, 9.17) is 0 Å². The Balaban J connectivity index is 1.96. The van der Waals surface area contributed by atoms with Crippen LogP contribution in [0, 0.1) is 11.6 Å². The van der Waals surface area contributed by atoms with E-state index in [0.717, 1.165) is 24.5 Å². The zero-order valence-electron chi connectivity index (χ0n) is 11.5. The molecule has 0 aromatic heterocycles. The Kier molecular flexibility index (Phi) is 5.17. The van der Waals surface area contributed by atoms with E-state index in [1.807, 2.05) is 19.1 Å². The average Bonchev–Trinajstić information content (AvgIpc) is 2.42. The molecule has 112 valence electrons. The average molecular weight is 356 g/mol. The normalized spacial score (nSPS) is 12.2. The first-order chi connectivity index (χ1) is 9.95. The molecule has 0 spiro atoms. The second-order valence-corrected chi connectivity index (χ2v) is 5.85. The van der Waals surface area contributed by atoms with Crippen LogP contribution < -0.4 is 5.32 Å². The molecule has 2 aromatic rings. The molecule has 2 N–H and O–H groups in total. The predicted molar refractivity (Wildman–Crippen MR) is 83.6 cm³/mol. The first kappa shape index (κ1) is 15.8. The highest BCUT2D eigenvalue weighted by atomic mass is 79.9. The van der Waals surface area contributed by atoms with Crippen LogP contribution >= 0.6 is 15.9 Å². The van der Waals surface area contributed by atoms with Crippen molar-refractivity contribution in [3.8, 4) is 5.75 Å². The SMILES string of the molecule is CC(CCc1ccc(O)cc1)Nc1c(F)cc(F)cc1Br. The largest absolute Gasteiger partial charge is 0.508 e. The predicted octanol–water partition coefficient (Wildman–Crippen LogP) is 4.87. The van der Waals surface area contributed by atoms with Crippen molar-refractivity contribution in [2.75, 3.05) is 5.32 Å². The Morgan fingerprint density at radius 3 is 2.48 bits per heavy atom. The van der Waals surface area contributed by atoms with Gasteiger partial charge in [-0.1, -0.05) is 12.1 Å². The van der Waals surface area contributed by atoms with Crippen molar-refractivity contribution in [1.29, 1.82) is 0 Å². The van der Waals surface area contributed by atoms with Gasteiger partial charge in [0.15, 0.2) is 0 Å². The number of phenolic OH excluding ortho intramolecular Hbond substituents is 1. The molecule has 0 heterocycles. The molecule has 0 saturated heterocycles. The molecule has 0 aliphatic carbocycles. The highest BCUT2D eigenvalue weighted by molar-refractivity contribution is 9.10. The Morgan fingerprint density at radius 1 is 1.19 bits per heavy atom. The van der Waals surface area contributed by atoms with E-state index in [2.05, 4.69) is 21.2 Å². The summed E-state index contributed by atoms with van der Waals surface area (Å²) in [5, 5.41) is 12.3. The van der Waals surface area contributed by atoms with Gasteiger partial charge < -0.3 is 10.4 Å². The second-order valence-electron chi connectivity index (χ2n) is 4.99. The van der Waals surface area contributed by atoms with Crippen LogP contribution in [0.5, 0.6) is 5.75 Å². The van der Waals surface area contributed by atoms with Crippen molar-refractivity contribution < 1.29 is 13.9 Å². The number of benzene rings is 2. The molecule has 21 heavy (non-hydrogen) atoms. The summed E-state index contributed by atoms with van der Waals surface area (Å²) >= 11 is 3.16. The number of hydrogen-bond donors (Lipinski definition) is 2. The van der Waals surface area contributed by atoms with Crippen molar-refractivity contribution in [1.82, 2.24) is 0 Å². The van der Waals surface area contributed by atoms with Crippen LogP contribution in [-0.2, 0) is 6.42 Å². The minimum Gasteiger partial charge on any atom is -0.508 e. The molecule has 5 heteroatoms. The molecule has 2 nitrogen and oxygen atoms in total. The monoisotopic (exact) mass is 355 g/mol. The third-order valence-corrected chi connectivity index (χ3v) is 3.83. The molecule has 2 rings (SSSR count). The molecular formula is C16H16BrF2NO. The number of rotatable bonds is 5. The van der Waals surface area contributed by atoms with E-state index in [-0.39, 0.29) is 17.5 Å². The van der Waals surface area contributed by atoms with Gasteiger partial charge in [0.1, 0.15) is 17.4 Å². The zero-order valence-corrected chi connectivity index (χ0v) is 13.1. The summed E-state index contributed by atoms with van der Waals surface area (Å²) in [6.45, 7) is 1.94. The summed E-state index contributed by atoms with van der Waals surface area (Å²) in [5.74, 6) is -0.984. The van der Waals surface area contributed by atoms with Crippen LogP contribution in [0.3, 0.4) is 0 Å². The number of hydrogen-bond acceptors (Lipinski definition) is 2. The molecule has 2 aromatic carbocycles. The van der Waals surface area contributed by atoms with Crippen molar-refractivity contribution in [3.63, 3.8) is 0 Å². The Labute approximate surface area is 130 Å². The summed E-state index contributed by atoms with van der Waals surface area (Å²) in [6.07, 6.45) is 1.59. The molecule has 1 atom stereocenters. The number of anilines is 1. The van der Waals surface area contributed by atoms with E-state index in [1.165, 1.54) is 6.07 Å². The maximum atomic E-state index is 13.7. The van der Waals surface area contributed by atoms with Gasteiger partial charge in [-0.3, -0.25) is 0 Å². The van der Waals surface area contributed by atoms with E-state index < -0.39 is 11.6 Å². The van der Waals surface area contributed by atoms with Crippen LogP contribution in [0.15, 0.2) is 40.9 Å². The number of aromatic hydroxyl groups is 1. The van der Waals surface area contributed by atoms with Gasteiger partial charge in [0.25, 0.3) is 0 Å². The molecule has 0 amide bonds. The Bertz CT molecular complexity index is 593. The van der Waals surface area contributed by atoms with Crippen molar-refractivity contribution in [2.24, 2.45) is 0 Å². The third-order valence-electron chi connectivity index (χ3n) is 3.20. The zero-order chi connectivity index (χ0) is 15.4. The first-order valence-electron chi connectivity index (χ1n) is 6.64. The van der Waals surface area contributed by atoms with E-state index in [9.17, 15) is 13.9 Å². The summed E-state index contributed by atoms with van der Waals surface area (Å²) < 4.78 is 27.1. The minimum absolute atomic E-state index is 0.0232. The minimum atomic E-state index is -0.613. The van der Waals surface area contributed by atoms with Crippen LogP contribution in [0.1, 0.15) is 18.9 Å². The van der Waals surface area contributed by atoms with Crippen LogP contribution in [-0.4, -0.2) is 11.1 Å². The third kappa shape index (κ3) is 4.43. The molecule has 0 saturated carbocycles. The smallest absolute Gasteiger partial charge is 0.150 e. The fourth-order valence-corrected chi connectivity index (χ4v) is 2.57. The Morgan fingerprint density at radius 2 is 1.86 bits per heavy atom. The molecule has 0 radical (unpaired) electrons. The Hall–Kier alpha value is -1.62. The number of halogens is 3. The lowest BCUT2D eigenvalue weighted by atomic mass is 10.1. The molecule has 0 fully saturated rings. The summed E-state index contributed by atoms with van der Waals surface area (Å²) in [7, 11) is 0. The lowest BCUT2D eigenvalue weighted by Crippen LogP contribution is -2.17. The highest BCUT2D eigenvalue weighted by Crippen LogP contribution is 2.28. The van der Waals surface area contributed by atoms with E-state index >= 15 is 0 Å². The fraction of sp³-hybridized carbons (Fsp3) is 0.250.